The SMILES string of the molecule is CCCOc1ccccc1C(N)Cc1ccc(C)cc1. The van der Waals surface area contributed by atoms with Crippen LogP contribution < -0.4 is 10.5 Å². The number of ether oxygens (including phenoxy) is 1. The molecule has 0 aliphatic rings. The van der Waals surface area contributed by atoms with Gasteiger partial charge in [-0.25, -0.2) is 0 Å². The van der Waals surface area contributed by atoms with E-state index in [0.717, 1.165) is 30.8 Å². The third kappa shape index (κ3) is 3.84. The van der Waals surface area contributed by atoms with Crippen LogP contribution in [0.15, 0.2) is 48.5 Å². The van der Waals surface area contributed by atoms with Crippen molar-refractivity contribution in [2.75, 3.05) is 6.61 Å². The van der Waals surface area contributed by atoms with E-state index in [0.29, 0.717) is 0 Å². The van der Waals surface area contributed by atoms with E-state index in [9.17, 15) is 0 Å². The van der Waals surface area contributed by atoms with Crippen molar-refractivity contribution in [1.82, 2.24) is 0 Å². The van der Waals surface area contributed by atoms with Gasteiger partial charge in [-0.2, -0.15) is 0 Å². The summed E-state index contributed by atoms with van der Waals surface area (Å²) in [7, 11) is 0. The summed E-state index contributed by atoms with van der Waals surface area (Å²) in [6.45, 7) is 4.93. The molecule has 0 radical (unpaired) electrons. The minimum absolute atomic E-state index is 0.0363. The number of rotatable bonds is 6. The zero-order valence-electron chi connectivity index (χ0n) is 12.3. The van der Waals surface area contributed by atoms with Crippen LogP contribution in [0.5, 0.6) is 5.75 Å². The van der Waals surface area contributed by atoms with Crippen LogP contribution in [0.3, 0.4) is 0 Å². The monoisotopic (exact) mass is 269 g/mol. The van der Waals surface area contributed by atoms with Crippen LogP contribution in [0.1, 0.15) is 36.1 Å². The van der Waals surface area contributed by atoms with Gasteiger partial charge in [0.05, 0.1) is 6.61 Å². The van der Waals surface area contributed by atoms with E-state index >= 15 is 0 Å². The van der Waals surface area contributed by atoms with Crippen molar-refractivity contribution in [2.45, 2.75) is 32.7 Å². The molecule has 1 unspecified atom stereocenters. The molecule has 2 rings (SSSR count). The Bertz CT molecular complexity index is 533. The normalized spacial score (nSPS) is 12.2. The third-order valence-electron chi connectivity index (χ3n) is 3.36. The van der Waals surface area contributed by atoms with Gasteiger partial charge in [-0.05, 0) is 31.4 Å². The van der Waals surface area contributed by atoms with Crippen molar-refractivity contribution in [2.24, 2.45) is 5.73 Å². The van der Waals surface area contributed by atoms with Gasteiger partial charge < -0.3 is 10.5 Å². The average Bonchev–Trinajstić information content (AvgIpc) is 2.47. The molecule has 2 heteroatoms. The van der Waals surface area contributed by atoms with Gasteiger partial charge in [0.2, 0.25) is 0 Å². The van der Waals surface area contributed by atoms with Gasteiger partial charge in [0.15, 0.2) is 0 Å². The summed E-state index contributed by atoms with van der Waals surface area (Å²) in [5.74, 6) is 0.911. The molecular formula is C18H23NO. The molecular weight excluding hydrogens is 246 g/mol. The van der Waals surface area contributed by atoms with Crippen molar-refractivity contribution >= 4 is 0 Å². The van der Waals surface area contributed by atoms with Crippen LogP contribution in [-0.2, 0) is 6.42 Å². The van der Waals surface area contributed by atoms with Gasteiger partial charge in [0.1, 0.15) is 5.75 Å². The maximum atomic E-state index is 6.36. The highest BCUT2D eigenvalue weighted by Crippen LogP contribution is 2.26. The molecule has 0 aliphatic carbocycles. The van der Waals surface area contributed by atoms with Crippen molar-refractivity contribution in [3.8, 4) is 5.75 Å². The third-order valence-corrected chi connectivity index (χ3v) is 3.36. The van der Waals surface area contributed by atoms with E-state index in [1.807, 2.05) is 18.2 Å². The molecule has 20 heavy (non-hydrogen) atoms. The number of benzene rings is 2. The Morgan fingerprint density at radius 2 is 1.75 bits per heavy atom. The number of para-hydroxylation sites is 1. The number of nitrogens with two attached hydrogens (primary N) is 1. The van der Waals surface area contributed by atoms with E-state index in [1.54, 1.807) is 0 Å². The Labute approximate surface area is 121 Å². The van der Waals surface area contributed by atoms with E-state index in [-0.39, 0.29) is 6.04 Å². The molecule has 2 aromatic rings. The number of aryl methyl sites for hydroxylation is 1. The van der Waals surface area contributed by atoms with Crippen LogP contribution in [-0.4, -0.2) is 6.61 Å². The maximum absolute atomic E-state index is 6.36. The standard InChI is InChI=1S/C18H23NO/c1-3-12-20-18-7-5-4-6-16(18)17(19)13-15-10-8-14(2)9-11-15/h4-11,17H,3,12-13,19H2,1-2H3. The molecule has 0 heterocycles. The Balaban J connectivity index is 2.12. The Morgan fingerprint density at radius 1 is 1.05 bits per heavy atom. The second-order valence-corrected chi connectivity index (χ2v) is 5.18. The first-order chi connectivity index (χ1) is 9.70. The molecule has 2 aromatic carbocycles. The summed E-state index contributed by atoms with van der Waals surface area (Å²) in [5, 5.41) is 0. The first kappa shape index (κ1) is 14.6. The zero-order valence-corrected chi connectivity index (χ0v) is 12.3. The largest absolute Gasteiger partial charge is 0.493 e. The molecule has 0 saturated heterocycles. The lowest BCUT2D eigenvalue weighted by atomic mass is 9.98. The van der Waals surface area contributed by atoms with Crippen molar-refractivity contribution in [3.05, 3.63) is 65.2 Å². The first-order valence-electron chi connectivity index (χ1n) is 7.23. The van der Waals surface area contributed by atoms with Gasteiger partial charge in [0, 0.05) is 11.6 Å². The van der Waals surface area contributed by atoms with Crippen molar-refractivity contribution in [3.63, 3.8) is 0 Å². The number of hydrogen-bond donors (Lipinski definition) is 1. The minimum atomic E-state index is -0.0363. The Kier molecular flexibility index (Phi) is 5.19. The van der Waals surface area contributed by atoms with Crippen LogP contribution in [0.2, 0.25) is 0 Å². The highest BCUT2D eigenvalue weighted by atomic mass is 16.5. The van der Waals surface area contributed by atoms with Crippen molar-refractivity contribution < 1.29 is 4.74 Å². The van der Waals surface area contributed by atoms with Crippen LogP contribution in [0.25, 0.3) is 0 Å². The lowest BCUT2D eigenvalue weighted by molar-refractivity contribution is 0.312. The van der Waals surface area contributed by atoms with E-state index in [1.165, 1.54) is 11.1 Å². The maximum Gasteiger partial charge on any atom is 0.124 e. The van der Waals surface area contributed by atoms with Gasteiger partial charge in [-0.3, -0.25) is 0 Å². The Morgan fingerprint density at radius 3 is 2.45 bits per heavy atom. The lowest BCUT2D eigenvalue weighted by Gasteiger charge is -2.17. The van der Waals surface area contributed by atoms with Gasteiger partial charge in [-0.15, -0.1) is 0 Å². The van der Waals surface area contributed by atoms with E-state index in [2.05, 4.69) is 44.2 Å². The summed E-state index contributed by atoms with van der Waals surface area (Å²) in [4.78, 5) is 0. The van der Waals surface area contributed by atoms with Crippen LogP contribution >= 0.6 is 0 Å². The second-order valence-electron chi connectivity index (χ2n) is 5.18. The molecule has 0 saturated carbocycles. The topological polar surface area (TPSA) is 35.2 Å². The average molecular weight is 269 g/mol. The first-order valence-corrected chi connectivity index (χ1v) is 7.23. The quantitative estimate of drug-likeness (QED) is 0.859. The highest BCUT2D eigenvalue weighted by molar-refractivity contribution is 5.37. The number of hydrogen-bond acceptors (Lipinski definition) is 2. The fraction of sp³-hybridized carbons (Fsp3) is 0.333. The summed E-state index contributed by atoms with van der Waals surface area (Å²) in [6.07, 6.45) is 1.83. The predicted molar refractivity (Wildman–Crippen MR) is 84.0 cm³/mol. The van der Waals surface area contributed by atoms with Crippen LogP contribution in [0, 0.1) is 6.92 Å². The molecule has 106 valence electrons. The molecule has 1 atom stereocenters. The molecule has 0 spiro atoms. The summed E-state index contributed by atoms with van der Waals surface area (Å²) < 4.78 is 5.78. The predicted octanol–water partition coefficient (Wildman–Crippen LogP) is 4.03. The summed E-state index contributed by atoms with van der Waals surface area (Å²) in [5.41, 5.74) is 9.97. The zero-order chi connectivity index (χ0) is 14.4. The highest BCUT2D eigenvalue weighted by Gasteiger charge is 2.12. The molecule has 2 N–H and O–H groups in total. The molecule has 0 bridgehead atoms. The lowest BCUT2D eigenvalue weighted by Crippen LogP contribution is -2.15. The van der Waals surface area contributed by atoms with E-state index < -0.39 is 0 Å². The molecule has 0 amide bonds. The van der Waals surface area contributed by atoms with Crippen molar-refractivity contribution in [1.29, 1.82) is 0 Å². The summed E-state index contributed by atoms with van der Waals surface area (Å²) in [6, 6.07) is 16.6. The fourth-order valence-electron chi connectivity index (χ4n) is 2.22. The fourth-order valence-corrected chi connectivity index (χ4v) is 2.22. The molecule has 2 nitrogen and oxygen atoms in total. The van der Waals surface area contributed by atoms with Gasteiger partial charge in [-0.1, -0.05) is 55.0 Å². The van der Waals surface area contributed by atoms with E-state index in [4.69, 9.17) is 10.5 Å². The summed E-state index contributed by atoms with van der Waals surface area (Å²) >= 11 is 0. The van der Waals surface area contributed by atoms with Gasteiger partial charge in [0.25, 0.3) is 0 Å². The van der Waals surface area contributed by atoms with Crippen LogP contribution in [0.4, 0.5) is 0 Å². The smallest absolute Gasteiger partial charge is 0.124 e. The molecule has 0 fully saturated rings. The van der Waals surface area contributed by atoms with Gasteiger partial charge >= 0.3 is 0 Å². The minimum Gasteiger partial charge on any atom is -0.493 e. The second kappa shape index (κ2) is 7.11. The Hall–Kier alpha value is -1.80. The molecule has 0 aromatic heterocycles. The molecule has 0 aliphatic heterocycles.